The van der Waals surface area contributed by atoms with Gasteiger partial charge in [-0.1, -0.05) is 0 Å². The number of carbonyl (C=O) groups excluding carboxylic acids is 1. The van der Waals surface area contributed by atoms with Gasteiger partial charge in [-0.05, 0) is 53.6 Å². The van der Waals surface area contributed by atoms with Crippen molar-refractivity contribution in [1.29, 1.82) is 0 Å². The van der Waals surface area contributed by atoms with Crippen LogP contribution in [0.15, 0.2) is 36.4 Å². The normalized spacial score (nSPS) is 12.9. The van der Waals surface area contributed by atoms with E-state index in [1.165, 1.54) is 20.3 Å². The lowest BCUT2D eigenvalue weighted by Crippen LogP contribution is -2.01. The molecule has 0 amide bonds. The molecule has 156 valence electrons. The van der Waals surface area contributed by atoms with Crippen molar-refractivity contribution in [2.24, 2.45) is 0 Å². The van der Waals surface area contributed by atoms with Crippen molar-refractivity contribution in [2.75, 3.05) is 14.2 Å². The molecule has 0 saturated heterocycles. The minimum absolute atomic E-state index is 0.0361. The fraction of sp³-hybridized carbons (Fsp3) is 0.167. The van der Waals surface area contributed by atoms with Crippen molar-refractivity contribution in [3.8, 4) is 22.6 Å². The van der Waals surface area contributed by atoms with Crippen LogP contribution in [0.5, 0.6) is 11.5 Å². The van der Waals surface area contributed by atoms with Crippen molar-refractivity contribution in [1.82, 2.24) is 4.98 Å². The van der Waals surface area contributed by atoms with Gasteiger partial charge in [-0.15, -0.1) is 0 Å². The lowest BCUT2D eigenvalue weighted by molar-refractivity contribution is 0.0535. The summed E-state index contributed by atoms with van der Waals surface area (Å²) in [4.78, 5) is 16.9. The molecule has 1 aliphatic heterocycles. The number of cyclic esters (lactones) is 1. The van der Waals surface area contributed by atoms with E-state index in [1.807, 2.05) is 6.07 Å². The minimum Gasteiger partial charge on any atom is -0.493 e. The maximum Gasteiger partial charge on any atom is 0.339 e. The third-order valence-corrected chi connectivity index (χ3v) is 5.52. The molecule has 0 bridgehead atoms. The Morgan fingerprint density at radius 1 is 0.935 bits per heavy atom. The highest BCUT2D eigenvalue weighted by Gasteiger charge is 2.29. The summed E-state index contributed by atoms with van der Waals surface area (Å²) in [6.45, 7) is 1.84. The van der Waals surface area contributed by atoms with Crippen LogP contribution in [0.25, 0.3) is 32.8 Å². The van der Waals surface area contributed by atoms with Crippen molar-refractivity contribution < 1.29 is 27.8 Å². The Hall–Kier alpha value is -3.74. The standard InChI is InChI=1S/C24H17F2NO4/c1-11-4-16(17-7-14(25)8-18(26)23(17)27-11)22-15-9-20(30-3)19(29-2)6-12(15)5-13-10-31-24(28)21(13)22/h4-9H,10H2,1-3H3. The number of nitrogens with zero attached hydrogens (tertiary/aromatic N) is 1. The van der Waals surface area contributed by atoms with E-state index in [1.54, 1.807) is 25.1 Å². The van der Waals surface area contributed by atoms with E-state index in [4.69, 9.17) is 14.2 Å². The van der Waals surface area contributed by atoms with Gasteiger partial charge in [-0.25, -0.2) is 18.6 Å². The van der Waals surface area contributed by atoms with Gasteiger partial charge in [-0.2, -0.15) is 0 Å². The number of benzene rings is 3. The smallest absolute Gasteiger partial charge is 0.339 e. The van der Waals surface area contributed by atoms with E-state index in [-0.39, 0.29) is 17.5 Å². The second kappa shape index (κ2) is 6.91. The summed E-state index contributed by atoms with van der Waals surface area (Å²) in [6.07, 6.45) is 0. The third kappa shape index (κ3) is 2.88. The Labute approximate surface area is 176 Å². The predicted octanol–water partition coefficient (Wildman–Crippen LogP) is 5.33. The lowest BCUT2D eigenvalue weighted by atomic mass is 9.88. The highest BCUT2D eigenvalue weighted by Crippen LogP contribution is 2.44. The molecule has 7 heteroatoms. The summed E-state index contributed by atoms with van der Waals surface area (Å²) in [5, 5.41) is 1.73. The largest absolute Gasteiger partial charge is 0.493 e. The van der Waals surface area contributed by atoms with Crippen LogP contribution in [0.1, 0.15) is 21.6 Å². The number of aromatic nitrogens is 1. The molecule has 5 nitrogen and oxygen atoms in total. The average molecular weight is 421 g/mol. The van der Waals surface area contributed by atoms with Gasteiger partial charge in [0.25, 0.3) is 0 Å². The zero-order valence-electron chi connectivity index (χ0n) is 17.0. The Morgan fingerprint density at radius 2 is 1.68 bits per heavy atom. The average Bonchev–Trinajstić information content (AvgIpc) is 3.11. The monoisotopic (exact) mass is 421 g/mol. The fourth-order valence-corrected chi connectivity index (χ4v) is 4.21. The number of halogens is 2. The van der Waals surface area contributed by atoms with Gasteiger partial charge in [0, 0.05) is 28.3 Å². The zero-order valence-corrected chi connectivity index (χ0v) is 17.0. The maximum absolute atomic E-state index is 14.6. The minimum atomic E-state index is -0.765. The number of ether oxygens (including phenoxy) is 3. The molecule has 0 aliphatic carbocycles. The molecule has 2 heterocycles. The first-order valence-corrected chi connectivity index (χ1v) is 9.56. The first-order chi connectivity index (χ1) is 14.9. The van der Waals surface area contributed by atoms with Crippen LogP contribution in [-0.2, 0) is 11.3 Å². The quantitative estimate of drug-likeness (QED) is 0.419. The summed E-state index contributed by atoms with van der Waals surface area (Å²) in [5.41, 5.74) is 2.65. The van der Waals surface area contributed by atoms with Crippen LogP contribution < -0.4 is 9.47 Å². The third-order valence-electron chi connectivity index (χ3n) is 5.52. The van der Waals surface area contributed by atoms with Crippen LogP contribution >= 0.6 is 0 Å². The number of pyridine rings is 1. The van der Waals surface area contributed by atoms with Crippen LogP contribution in [0.4, 0.5) is 8.78 Å². The molecule has 0 saturated carbocycles. The number of hydrogen-bond donors (Lipinski definition) is 0. The Bertz CT molecular complexity index is 1410. The first-order valence-electron chi connectivity index (χ1n) is 9.56. The number of carbonyl (C=O) groups is 1. The molecule has 0 unspecified atom stereocenters. The van der Waals surface area contributed by atoms with Crippen LogP contribution in [0.3, 0.4) is 0 Å². The maximum atomic E-state index is 14.6. The van der Waals surface area contributed by atoms with E-state index in [0.29, 0.717) is 44.8 Å². The van der Waals surface area contributed by atoms with Crippen LogP contribution in [0.2, 0.25) is 0 Å². The fourth-order valence-electron chi connectivity index (χ4n) is 4.21. The number of hydrogen-bond acceptors (Lipinski definition) is 5. The van der Waals surface area contributed by atoms with Crippen LogP contribution in [0, 0.1) is 18.6 Å². The highest BCUT2D eigenvalue weighted by molar-refractivity contribution is 6.15. The predicted molar refractivity (Wildman–Crippen MR) is 112 cm³/mol. The Kier molecular flexibility index (Phi) is 4.28. The summed E-state index contributed by atoms with van der Waals surface area (Å²) < 4.78 is 44.9. The summed E-state index contributed by atoms with van der Waals surface area (Å²) in [6, 6.07) is 9.17. The molecule has 3 aromatic carbocycles. The van der Waals surface area contributed by atoms with E-state index >= 15 is 0 Å². The number of esters is 1. The molecule has 0 radical (unpaired) electrons. The van der Waals surface area contributed by atoms with E-state index in [0.717, 1.165) is 11.5 Å². The summed E-state index contributed by atoms with van der Waals surface area (Å²) in [7, 11) is 3.05. The number of fused-ring (bicyclic) bond motifs is 3. The SMILES string of the molecule is COc1cc2cc3c(c(-c4cc(C)nc5c(F)cc(F)cc45)c2cc1OC)C(=O)OC3. The second-order valence-electron chi connectivity index (χ2n) is 7.39. The van der Waals surface area contributed by atoms with Gasteiger partial charge >= 0.3 is 5.97 Å². The van der Waals surface area contributed by atoms with Crippen molar-refractivity contribution >= 4 is 27.6 Å². The molecular formula is C24H17F2NO4. The molecule has 0 fully saturated rings. The number of rotatable bonds is 3. The van der Waals surface area contributed by atoms with E-state index < -0.39 is 17.6 Å². The molecule has 5 rings (SSSR count). The summed E-state index contributed by atoms with van der Waals surface area (Å²) >= 11 is 0. The zero-order chi connectivity index (χ0) is 21.9. The molecule has 31 heavy (non-hydrogen) atoms. The topological polar surface area (TPSA) is 57.7 Å². The van der Waals surface area contributed by atoms with Crippen molar-refractivity contribution in [2.45, 2.75) is 13.5 Å². The molecule has 0 atom stereocenters. The van der Waals surface area contributed by atoms with Gasteiger partial charge in [0.15, 0.2) is 17.3 Å². The highest BCUT2D eigenvalue weighted by atomic mass is 19.1. The van der Waals surface area contributed by atoms with Gasteiger partial charge in [-0.3, -0.25) is 0 Å². The molecule has 4 aromatic rings. The Morgan fingerprint density at radius 3 is 2.42 bits per heavy atom. The molecule has 1 aromatic heterocycles. The second-order valence-corrected chi connectivity index (χ2v) is 7.39. The van der Waals surface area contributed by atoms with Crippen molar-refractivity contribution in [3.63, 3.8) is 0 Å². The Balaban J connectivity index is 2.00. The first kappa shape index (κ1) is 19.2. The van der Waals surface area contributed by atoms with Crippen molar-refractivity contribution in [3.05, 3.63) is 64.9 Å². The molecule has 1 aliphatic rings. The van der Waals surface area contributed by atoms with Gasteiger partial charge in [0.05, 0.1) is 19.8 Å². The number of methoxy groups -OCH3 is 2. The molecule has 0 spiro atoms. The van der Waals surface area contributed by atoms with Gasteiger partial charge in [0.2, 0.25) is 0 Å². The van der Waals surface area contributed by atoms with E-state index in [9.17, 15) is 13.6 Å². The molecule has 0 N–H and O–H groups in total. The van der Waals surface area contributed by atoms with Gasteiger partial charge in [0.1, 0.15) is 17.9 Å². The summed E-state index contributed by atoms with van der Waals surface area (Å²) in [5.74, 6) is -0.982. The number of aryl methyl sites for hydroxylation is 1. The molecular weight excluding hydrogens is 404 g/mol. The van der Waals surface area contributed by atoms with Crippen LogP contribution in [-0.4, -0.2) is 25.2 Å². The lowest BCUT2D eigenvalue weighted by Gasteiger charge is -2.17. The van der Waals surface area contributed by atoms with Gasteiger partial charge < -0.3 is 14.2 Å². The van der Waals surface area contributed by atoms with E-state index in [2.05, 4.69) is 4.98 Å².